The van der Waals surface area contributed by atoms with E-state index in [2.05, 4.69) is 15.3 Å². The van der Waals surface area contributed by atoms with Gasteiger partial charge in [0.1, 0.15) is 23.0 Å². The van der Waals surface area contributed by atoms with Crippen LogP contribution >= 0.6 is 11.3 Å². The highest BCUT2D eigenvalue weighted by atomic mass is 32.1. The molecule has 29 heavy (non-hydrogen) atoms. The number of hydrogen-bond donors (Lipinski definition) is 1. The first-order valence-corrected chi connectivity index (χ1v) is 9.99. The van der Waals surface area contributed by atoms with Gasteiger partial charge in [0.05, 0.1) is 12.8 Å². The van der Waals surface area contributed by atoms with Crippen molar-refractivity contribution in [3.63, 3.8) is 0 Å². The Morgan fingerprint density at radius 3 is 2.72 bits per heavy atom. The van der Waals surface area contributed by atoms with Crippen LogP contribution in [0.5, 0.6) is 5.75 Å². The number of aromatic nitrogens is 2. The van der Waals surface area contributed by atoms with Crippen molar-refractivity contribution in [2.75, 3.05) is 12.4 Å². The molecule has 0 radical (unpaired) electrons. The maximum Gasteiger partial charge on any atom is 0.226 e. The fourth-order valence-electron chi connectivity index (χ4n) is 2.80. The Hall–Kier alpha value is -3.45. The number of nitrogens with zero attached hydrogens (tertiary/aromatic N) is 2. The number of carbonyl (C=O) groups is 1. The van der Waals surface area contributed by atoms with E-state index < -0.39 is 0 Å². The van der Waals surface area contributed by atoms with Gasteiger partial charge in [-0.3, -0.25) is 9.78 Å². The highest BCUT2D eigenvalue weighted by Crippen LogP contribution is 2.26. The van der Waals surface area contributed by atoms with Gasteiger partial charge in [0.15, 0.2) is 5.13 Å². The Kier molecular flexibility index (Phi) is 5.67. The molecule has 0 spiro atoms. The minimum atomic E-state index is -0.102. The predicted molar refractivity (Wildman–Crippen MR) is 113 cm³/mol. The fraction of sp³-hybridized carbons (Fsp3) is 0.136. The van der Waals surface area contributed by atoms with E-state index >= 15 is 0 Å². The summed E-state index contributed by atoms with van der Waals surface area (Å²) in [5, 5.41) is 5.28. The first kappa shape index (κ1) is 18.9. The van der Waals surface area contributed by atoms with Crippen LogP contribution in [0.15, 0.2) is 70.6 Å². The van der Waals surface area contributed by atoms with Crippen LogP contribution in [-0.4, -0.2) is 23.0 Å². The quantitative estimate of drug-likeness (QED) is 0.466. The molecule has 0 saturated heterocycles. The molecule has 3 heterocycles. The lowest BCUT2D eigenvalue weighted by Crippen LogP contribution is -2.11. The van der Waals surface area contributed by atoms with Crippen molar-refractivity contribution >= 4 is 22.4 Å². The number of amides is 1. The van der Waals surface area contributed by atoms with Crippen molar-refractivity contribution in [2.24, 2.45) is 0 Å². The fourth-order valence-corrected chi connectivity index (χ4v) is 3.52. The van der Waals surface area contributed by atoms with E-state index in [-0.39, 0.29) is 5.91 Å². The van der Waals surface area contributed by atoms with Gasteiger partial charge in [-0.1, -0.05) is 6.07 Å². The number of furan rings is 1. The van der Waals surface area contributed by atoms with Crippen LogP contribution in [0.3, 0.4) is 0 Å². The number of thiazole rings is 1. The maximum absolute atomic E-state index is 12.3. The number of hydrogen-bond acceptors (Lipinski definition) is 6. The maximum atomic E-state index is 12.3. The van der Waals surface area contributed by atoms with Gasteiger partial charge in [-0.25, -0.2) is 4.98 Å². The van der Waals surface area contributed by atoms with Crippen molar-refractivity contribution in [1.29, 1.82) is 0 Å². The number of benzene rings is 1. The molecule has 0 saturated carbocycles. The van der Waals surface area contributed by atoms with E-state index in [1.165, 1.54) is 11.3 Å². The molecule has 0 bridgehead atoms. The first-order chi connectivity index (χ1) is 14.2. The molecule has 4 rings (SSSR count). The van der Waals surface area contributed by atoms with Crippen LogP contribution < -0.4 is 10.1 Å². The third kappa shape index (κ3) is 4.70. The largest absolute Gasteiger partial charge is 0.497 e. The molecular weight excluding hydrogens is 386 g/mol. The van der Waals surface area contributed by atoms with E-state index in [1.54, 1.807) is 13.3 Å². The second kappa shape index (κ2) is 8.70. The Labute approximate surface area is 172 Å². The van der Waals surface area contributed by atoms with Gasteiger partial charge >= 0.3 is 0 Å². The molecule has 0 aliphatic heterocycles. The number of methoxy groups -OCH3 is 1. The smallest absolute Gasteiger partial charge is 0.226 e. The van der Waals surface area contributed by atoms with Crippen molar-refractivity contribution in [3.8, 4) is 28.5 Å². The van der Waals surface area contributed by atoms with E-state index in [1.807, 2.05) is 60.0 Å². The summed E-state index contributed by atoms with van der Waals surface area (Å²) >= 11 is 1.38. The SMILES string of the molecule is COc1ccc(-c2ccc(CCC(=O)Nc3nc(-c4ccccn4)cs3)o2)cc1. The molecule has 146 valence electrons. The average Bonchev–Trinajstić information content (AvgIpc) is 3.43. The summed E-state index contributed by atoms with van der Waals surface area (Å²) in [7, 11) is 1.64. The third-order valence-electron chi connectivity index (χ3n) is 4.31. The molecular formula is C22H19N3O3S. The predicted octanol–water partition coefficient (Wildman–Crippen LogP) is 5.05. The number of carbonyl (C=O) groups excluding carboxylic acids is 1. The van der Waals surface area contributed by atoms with Crippen LogP contribution in [0.25, 0.3) is 22.7 Å². The molecule has 0 aliphatic rings. The average molecular weight is 405 g/mol. The minimum Gasteiger partial charge on any atom is -0.497 e. The third-order valence-corrected chi connectivity index (χ3v) is 5.07. The van der Waals surface area contributed by atoms with Gasteiger partial charge < -0.3 is 14.5 Å². The Morgan fingerprint density at radius 2 is 1.97 bits per heavy atom. The monoisotopic (exact) mass is 405 g/mol. The van der Waals surface area contributed by atoms with Crippen LogP contribution in [0.4, 0.5) is 5.13 Å². The highest BCUT2D eigenvalue weighted by Gasteiger charge is 2.11. The van der Waals surface area contributed by atoms with Crippen molar-refractivity contribution in [3.05, 3.63) is 71.9 Å². The molecule has 1 N–H and O–H groups in total. The standard InChI is InChI=1S/C22H19N3O3S/c1-27-16-7-5-15(6-8-16)20-11-9-17(28-20)10-12-21(26)25-22-24-19(14-29-22)18-4-2-3-13-23-18/h2-9,11,13-14H,10,12H2,1H3,(H,24,25,26). The first-order valence-electron chi connectivity index (χ1n) is 9.11. The van der Waals surface area contributed by atoms with Gasteiger partial charge in [-0.15, -0.1) is 11.3 Å². The van der Waals surface area contributed by atoms with Crippen LogP contribution in [0.2, 0.25) is 0 Å². The molecule has 0 atom stereocenters. The molecule has 7 heteroatoms. The topological polar surface area (TPSA) is 77.2 Å². The molecule has 4 aromatic rings. The molecule has 1 aromatic carbocycles. The Balaban J connectivity index is 1.32. The van der Waals surface area contributed by atoms with Crippen molar-refractivity contribution < 1.29 is 13.9 Å². The number of pyridine rings is 1. The molecule has 0 unspecified atom stereocenters. The van der Waals surface area contributed by atoms with Crippen LogP contribution in [0, 0.1) is 0 Å². The molecule has 0 fully saturated rings. The summed E-state index contributed by atoms with van der Waals surface area (Å²) in [6, 6.07) is 17.1. The second-order valence-electron chi connectivity index (χ2n) is 6.30. The van der Waals surface area contributed by atoms with Crippen LogP contribution in [0.1, 0.15) is 12.2 Å². The summed E-state index contributed by atoms with van der Waals surface area (Å²) in [6.45, 7) is 0. The minimum absolute atomic E-state index is 0.102. The van der Waals surface area contributed by atoms with Gasteiger partial charge in [-0.2, -0.15) is 0 Å². The van der Waals surface area contributed by atoms with Crippen LogP contribution in [-0.2, 0) is 11.2 Å². The lowest BCUT2D eigenvalue weighted by atomic mass is 10.2. The van der Waals surface area contributed by atoms with Gasteiger partial charge in [0.25, 0.3) is 0 Å². The van der Waals surface area contributed by atoms with Crippen molar-refractivity contribution in [1.82, 2.24) is 9.97 Å². The Morgan fingerprint density at radius 1 is 1.10 bits per heavy atom. The number of nitrogens with one attached hydrogen (secondary N) is 1. The number of anilines is 1. The lowest BCUT2D eigenvalue weighted by Gasteiger charge is -2.02. The highest BCUT2D eigenvalue weighted by molar-refractivity contribution is 7.14. The van der Waals surface area contributed by atoms with Gasteiger partial charge in [0.2, 0.25) is 5.91 Å². The van der Waals surface area contributed by atoms with E-state index in [0.717, 1.165) is 34.2 Å². The van der Waals surface area contributed by atoms with E-state index in [0.29, 0.717) is 18.0 Å². The molecule has 3 aromatic heterocycles. The molecule has 6 nitrogen and oxygen atoms in total. The lowest BCUT2D eigenvalue weighted by molar-refractivity contribution is -0.116. The number of ether oxygens (including phenoxy) is 1. The summed E-state index contributed by atoms with van der Waals surface area (Å²) in [5.74, 6) is 2.22. The van der Waals surface area contributed by atoms with Gasteiger partial charge in [0, 0.05) is 30.0 Å². The molecule has 0 aliphatic carbocycles. The Bertz CT molecular complexity index is 1090. The normalized spacial score (nSPS) is 10.7. The summed E-state index contributed by atoms with van der Waals surface area (Å²) in [6.07, 6.45) is 2.55. The van der Waals surface area contributed by atoms with Crippen molar-refractivity contribution in [2.45, 2.75) is 12.8 Å². The van der Waals surface area contributed by atoms with E-state index in [9.17, 15) is 4.79 Å². The summed E-state index contributed by atoms with van der Waals surface area (Å²) in [4.78, 5) is 21.0. The van der Waals surface area contributed by atoms with Gasteiger partial charge in [-0.05, 0) is 48.5 Å². The zero-order chi connectivity index (χ0) is 20.1. The summed E-state index contributed by atoms with van der Waals surface area (Å²) < 4.78 is 11.0. The zero-order valence-electron chi connectivity index (χ0n) is 15.8. The second-order valence-corrected chi connectivity index (χ2v) is 7.15. The zero-order valence-corrected chi connectivity index (χ0v) is 16.6. The number of rotatable bonds is 7. The molecule has 1 amide bonds. The number of aryl methyl sites for hydroxylation is 1. The summed E-state index contributed by atoms with van der Waals surface area (Å²) in [5.41, 5.74) is 2.50. The van der Waals surface area contributed by atoms with E-state index in [4.69, 9.17) is 9.15 Å².